The van der Waals surface area contributed by atoms with Crippen molar-refractivity contribution in [2.75, 3.05) is 6.54 Å². The third-order valence-electron chi connectivity index (χ3n) is 3.86. The van der Waals surface area contributed by atoms with Crippen LogP contribution in [-0.4, -0.2) is 34.8 Å². The van der Waals surface area contributed by atoms with E-state index in [9.17, 15) is 0 Å². The highest BCUT2D eigenvalue weighted by molar-refractivity contribution is 6.55. The van der Waals surface area contributed by atoms with Crippen LogP contribution in [0, 0.1) is 6.92 Å². The van der Waals surface area contributed by atoms with Gasteiger partial charge in [-0.1, -0.05) is 0 Å². The van der Waals surface area contributed by atoms with Crippen molar-refractivity contribution in [3.63, 3.8) is 0 Å². The molecule has 19 heavy (non-hydrogen) atoms. The van der Waals surface area contributed by atoms with Gasteiger partial charge in [0.15, 0.2) is 0 Å². The van der Waals surface area contributed by atoms with Gasteiger partial charge >= 0.3 is 7.12 Å². The lowest BCUT2D eigenvalue weighted by molar-refractivity contribution is 0.00578. The lowest BCUT2D eigenvalue weighted by atomic mass is 9.77. The van der Waals surface area contributed by atoms with Crippen LogP contribution < -0.4 is 5.73 Å². The number of aromatic nitrogens is 2. The summed E-state index contributed by atoms with van der Waals surface area (Å²) in [4.78, 5) is 7.32. The SMILES string of the molecule is Cc1ncc(C=C(CN)B2OC(C)(C)C(C)(C)O2)[nH]1. The number of hydrogen-bond acceptors (Lipinski definition) is 4. The first-order valence-electron chi connectivity index (χ1n) is 6.53. The maximum atomic E-state index is 5.99. The number of nitrogens with one attached hydrogen (secondary N) is 1. The molecule has 0 aromatic carbocycles. The summed E-state index contributed by atoms with van der Waals surface area (Å²) < 4.78 is 12.0. The van der Waals surface area contributed by atoms with Gasteiger partial charge < -0.3 is 20.0 Å². The van der Waals surface area contributed by atoms with E-state index < -0.39 is 7.12 Å². The Labute approximate surface area is 114 Å². The van der Waals surface area contributed by atoms with Crippen LogP contribution in [0.4, 0.5) is 0 Å². The molecule has 2 heterocycles. The minimum atomic E-state index is -0.404. The second-order valence-corrected chi connectivity index (χ2v) is 5.94. The van der Waals surface area contributed by atoms with Gasteiger partial charge in [-0.15, -0.1) is 0 Å². The number of imidazole rings is 1. The van der Waals surface area contributed by atoms with Crippen molar-refractivity contribution in [3.8, 4) is 0 Å². The molecule has 0 aliphatic carbocycles. The molecule has 0 bridgehead atoms. The molecule has 1 fully saturated rings. The van der Waals surface area contributed by atoms with Crippen LogP contribution in [0.5, 0.6) is 0 Å². The van der Waals surface area contributed by atoms with Gasteiger partial charge in [-0.25, -0.2) is 4.98 Å². The molecule has 0 unspecified atom stereocenters. The van der Waals surface area contributed by atoms with E-state index >= 15 is 0 Å². The number of aromatic amines is 1. The fourth-order valence-electron chi connectivity index (χ4n) is 1.93. The molecule has 6 heteroatoms. The second kappa shape index (κ2) is 4.78. The highest BCUT2D eigenvalue weighted by Gasteiger charge is 2.52. The third kappa shape index (κ3) is 2.75. The van der Waals surface area contributed by atoms with Gasteiger partial charge in [-0.05, 0) is 46.2 Å². The van der Waals surface area contributed by atoms with Crippen molar-refractivity contribution in [3.05, 3.63) is 23.2 Å². The van der Waals surface area contributed by atoms with E-state index in [1.54, 1.807) is 6.20 Å². The molecular formula is C13H22BN3O2. The summed E-state index contributed by atoms with van der Waals surface area (Å²) in [6.07, 6.45) is 3.72. The molecule has 1 saturated heterocycles. The highest BCUT2D eigenvalue weighted by atomic mass is 16.7. The molecule has 0 saturated carbocycles. The summed E-state index contributed by atoms with van der Waals surface area (Å²) in [5, 5.41) is 0. The molecule has 1 aliphatic heterocycles. The van der Waals surface area contributed by atoms with Gasteiger partial charge in [0.25, 0.3) is 0 Å². The molecule has 3 N–H and O–H groups in total. The van der Waals surface area contributed by atoms with Gasteiger partial charge in [0.1, 0.15) is 5.82 Å². The fraction of sp³-hybridized carbons (Fsp3) is 0.615. The Kier molecular flexibility index (Phi) is 3.60. The number of H-pyrrole nitrogens is 1. The Bertz CT molecular complexity index is 478. The Morgan fingerprint density at radius 2 is 1.95 bits per heavy atom. The maximum absolute atomic E-state index is 5.99. The summed E-state index contributed by atoms with van der Waals surface area (Å²) in [7, 11) is -0.404. The van der Waals surface area contributed by atoms with Crippen molar-refractivity contribution < 1.29 is 9.31 Å². The largest absolute Gasteiger partial charge is 0.491 e. The van der Waals surface area contributed by atoms with Crippen LogP contribution in [0.3, 0.4) is 0 Å². The van der Waals surface area contributed by atoms with Crippen molar-refractivity contribution >= 4 is 13.2 Å². The number of rotatable bonds is 3. The molecule has 5 nitrogen and oxygen atoms in total. The van der Waals surface area contributed by atoms with Crippen molar-refractivity contribution in [1.29, 1.82) is 0 Å². The van der Waals surface area contributed by atoms with Crippen LogP contribution in [0.2, 0.25) is 0 Å². The van der Waals surface area contributed by atoms with Gasteiger partial charge in [0, 0.05) is 6.54 Å². The number of hydrogen-bond donors (Lipinski definition) is 2. The smallest absolute Gasteiger partial charge is 0.400 e. The first kappa shape index (κ1) is 14.3. The number of nitrogens with zero attached hydrogens (tertiary/aromatic N) is 1. The summed E-state index contributed by atoms with van der Waals surface area (Å²) in [5.41, 5.74) is 6.93. The Balaban J connectivity index is 2.23. The summed E-state index contributed by atoms with van der Waals surface area (Å²) in [6, 6.07) is 0. The fourth-order valence-corrected chi connectivity index (χ4v) is 1.93. The average molecular weight is 263 g/mol. The van der Waals surface area contributed by atoms with Crippen molar-refractivity contribution in [1.82, 2.24) is 9.97 Å². The maximum Gasteiger partial charge on any atom is 0.491 e. The van der Waals surface area contributed by atoms with E-state index in [4.69, 9.17) is 15.0 Å². The zero-order chi connectivity index (χ0) is 14.3. The highest BCUT2D eigenvalue weighted by Crippen LogP contribution is 2.38. The first-order valence-corrected chi connectivity index (χ1v) is 6.53. The minimum Gasteiger partial charge on any atom is -0.400 e. The number of nitrogens with two attached hydrogens (primary N) is 1. The standard InChI is InChI=1S/C13H22BN3O2/c1-9-16-8-11(17-9)6-10(7-15)14-18-12(2,3)13(4,5)19-14/h6,8H,7,15H2,1-5H3,(H,16,17). The summed E-state index contributed by atoms with van der Waals surface area (Å²) in [6.45, 7) is 10.4. The van der Waals surface area contributed by atoms with Crippen LogP contribution in [0.1, 0.15) is 39.2 Å². The van der Waals surface area contributed by atoms with E-state index in [0.717, 1.165) is 17.0 Å². The quantitative estimate of drug-likeness (QED) is 0.814. The van der Waals surface area contributed by atoms with Crippen LogP contribution >= 0.6 is 0 Å². The molecular weight excluding hydrogens is 241 g/mol. The predicted molar refractivity (Wildman–Crippen MR) is 76.4 cm³/mol. The topological polar surface area (TPSA) is 73.2 Å². The molecule has 104 valence electrons. The Morgan fingerprint density at radius 1 is 1.37 bits per heavy atom. The van der Waals surface area contributed by atoms with Gasteiger partial charge in [0.2, 0.25) is 0 Å². The number of aryl methyl sites for hydroxylation is 1. The van der Waals surface area contributed by atoms with Crippen LogP contribution in [0.25, 0.3) is 6.08 Å². The van der Waals surface area contributed by atoms with E-state index in [1.165, 1.54) is 0 Å². The summed E-state index contributed by atoms with van der Waals surface area (Å²) >= 11 is 0. The van der Waals surface area contributed by atoms with E-state index in [0.29, 0.717) is 6.54 Å². The molecule has 2 rings (SSSR count). The van der Waals surface area contributed by atoms with E-state index in [1.807, 2.05) is 40.7 Å². The van der Waals surface area contributed by atoms with Crippen molar-refractivity contribution in [2.24, 2.45) is 5.73 Å². The average Bonchev–Trinajstić information content (AvgIpc) is 2.78. The zero-order valence-corrected chi connectivity index (χ0v) is 12.3. The molecule has 1 aromatic rings. The molecule has 0 amide bonds. The van der Waals surface area contributed by atoms with Crippen molar-refractivity contribution in [2.45, 2.75) is 45.8 Å². The van der Waals surface area contributed by atoms with E-state index in [-0.39, 0.29) is 11.2 Å². The molecule has 1 aromatic heterocycles. The Morgan fingerprint density at radius 3 is 2.37 bits per heavy atom. The zero-order valence-electron chi connectivity index (χ0n) is 12.3. The second-order valence-electron chi connectivity index (χ2n) is 5.94. The summed E-state index contributed by atoms with van der Waals surface area (Å²) in [5.74, 6) is 0.872. The van der Waals surface area contributed by atoms with Gasteiger partial charge in [-0.2, -0.15) is 0 Å². The van der Waals surface area contributed by atoms with Gasteiger partial charge in [-0.3, -0.25) is 0 Å². The molecule has 0 radical (unpaired) electrons. The molecule has 0 atom stereocenters. The molecule has 0 spiro atoms. The lowest BCUT2D eigenvalue weighted by Gasteiger charge is -2.32. The molecule has 1 aliphatic rings. The van der Waals surface area contributed by atoms with E-state index in [2.05, 4.69) is 9.97 Å². The lowest BCUT2D eigenvalue weighted by Crippen LogP contribution is -2.41. The van der Waals surface area contributed by atoms with Crippen LogP contribution in [-0.2, 0) is 9.31 Å². The Hall–Kier alpha value is -1.11. The first-order chi connectivity index (χ1) is 8.75. The van der Waals surface area contributed by atoms with Crippen LogP contribution in [0.15, 0.2) is 11.7 Å². The minimum absolute atomic E-state index is 0.351. The normalized spacial score (nSPS) is 22.0. The third-order valence-corrected chi connectivity index (χ3v) is 3.86. The predicted octanol–water partition coefficient (Wildman–Crippen LogP) is 1.69. The van der Waals surface area contributed by atoms with Gasteiger partial charge in [0.05, 0.1) is 23.1 Å². The monoisotopic (exact) mass is 263 g/mol.